The number of piperidine rings is 3. The summed E-state index contributed by atoms with van der Waals surface area (Å²) in [4.78, 5) is 76.7. The van der Waals surface area contributed by atoms with Crippen LogP contribution in [-0.4, -0.2) is 112 Å². The van der Waals surface area contributed by atoms with Gasteiger partial charge < -0.3 is 29.2 Å². The molecule has 14 nitrogen and oxygen atoms in total. The van der Waals surface area contributed by atoms with Crippen LogP contribution in [0.5, 0.6) is 0 Å². The van der Waals surface area contributed by atoms with Gasteiger partial charge in [-0.05, 0) is 99.5 Å². The minimum absolute atomic E-state index is 0.0467. The molecule has 294 valence electrons. The first-order valence-electron chi connectivity index (χ1n) is 19.7. The Morgan fingerprint density at radius 1 is 1.00 bits per heavy atom. The zero-order valence-corrected chi connectivity index (χ0v) is 32.0. The molecule has 4 aliphatic rings. The van der Waals surface area contributed by atoms with Crippen LogP contribution in [0.4, 0.5) is 15.3 Å². The summed E-state index contributed by atoms with van der Waals surface area (Å²) in [5.41, 5.74) is 4.43. The number of hydrogen-bond acceptors (Lipinski definition) is 9. The van der Waals surface area contributed by atoms with E-state index in [-0.39, 0.29) is 24.4 Å². The van der Waals surface area contributed by atoms with Gasteiger partial charge in [-0.25, -0.2) is 19.2 Å². The second kappa shape index (κ2) is 16.8. The number of nitrogens with zero attached hydrogens (tertiary/aromatic N) is 5. The summed E-state index contributed by atoms with van der Waals surface area (Å²) in [6.07, 6.45) is 4.94. The number of oxazole rings is 1. The number of carbonyl (C=O) groups is 3. The molecule has 1 N–H and O–H groups in total. The molecule has 0 aliphatic carbocycles. The molecule has 0 radical (unpaired) electrons. The lowest BCUT2D eigenvalue weighted by atomic mass is 9.76. The Kier molecular flexibility index (Phi) is 11.8. The SMILES string of the molecule is CCON1CCC(C2CCN(C(=O)[C@@H](Cc3cc(C)c4c(c3)oc(=O)n4C)OC(=O)N3CCC(N4CCc5ccccc5NC4=O)CC3)C(C=C=O)C2)CC1. The molecule has 2 unspecified atom stereocenters. The molecule has 3 aromatic rings. The van der Waals surface area contributed by atoms with Crippen LogP contribution in [0.15, 0.2) is 51.7 Å². The fraction of sp³-hybridized carbons (Fsp3) is 0.561. The van der Waals surface area contributed by atoms with Crippen molar-refractivity contribution < 1.29 is 33.2 Å². The first kappa shape index (κ1) is 38.4. The summed E-state index contributed by atoms with van der Waals surface area (Å²) in [6.45, 7) is 7.93. The number of aromatic nitrogens is 1. The minimum Gasteiger partial charge on any atom is -0.436 e. The molecule has 1 aromatic heterocycles. The predicted molar refractivity (Wildman–Crippen MR) is 205 cm³/mol. The van der Waals surface area contributed by atoms with Gasteiger partial charge in [-0.15, -0.1) is 0 Å². The van der Waals surface area contributed by atoms with E-state index in [1.165, 1.54) is 10.6 Å². The van der Waals surface area contributed by atoms with Crippen molar-refractivity contribution in [2.45, 2.75) is 83.4 Å². The van der Waals surface area contributed by atoms with Crippen LogP contribution < -0.4 is 11.1 Å². The Hall–Kier alpha value is -4.91. The van der Waals surface area contributed by atoms with Crippen LogP contribution in [0.3, 0.4) is 0 Å². The zero-order valence-electron chi connectivity index (χ0n) is 32.0. The van der Waals surface area contributed by atoms with Crippen LogP contribution in [0.2, 0.25) is 0 Å². The average Bonchev–Trinajstić information content (AvgIpc) is 3.36. The highest BCUT2D eigenvalue weighted by Crippen LogP contribution is 2.36. The molecule has 7 rings (SSSR count). The van der Waals surface area contributed by atoms with Gasteiger partial charge in [0.25, 0.3) is 5.91 Å². The van der Waals surface area contributed by atoms with Gasteiger partial charge in [0.05, 0.1) is 18.2 Å². The monoisotopic (exact) mass is 756 g/mol. The van der Waals surface area contributed by atoms with Crippen molar-refractivity contribution >= 4 is 40.8 Å². The van der Waals surface area contributed by atoms with Gasteiger partial charge in [-0.3, -0.25) is 14.2 Å². The van der Waals surface area contributed by atoms with E-state index in [0.29, 0.717) is 80.5 Å². The lowest BCUT2D eigenvalue weighted by Crippen LogP contribution is -2.53. The van der Waals surface area contributed by atoms with Gasteiger partial charge in [0, 0.05) is 70.5 Å². The average molecular weight is 757 g/mol. The van der Waals surface area contributed by atoms with Crippen LogP contribution in [0.1, 0.15) is 62.1 Å². The molecule has 3 fully saturated rings. The van der Waals surface area contributed by atoms with Crippen molar-refractivity contribution in [1.29, 1.82) is 0 Å². The number of nitrogens with one attached hydrogen (secondary N) is 1. The number of rotatable bonds is 9. The number of carbonyl (C=O) groups excluding carboxylic acids is 4. The van der Waals surface area contributed by atoms with Crippen LogP contribution in [-0.2, 0) is 39.1 Å². The highest BCUT2D eigenvalue weighted by Gasteiger charge is 2.40. The molecule has 3 saturated heterocycles. The van der Waals surface area contributed by atoms with E-state index < -0.39 is 24.0 Å². The molecule has 4 amide bonds. The predicted octanol–water partition coefficient (Wildman–Crippen LogP) is 4.70. The number of fused-ring (bicyclic) bond motifs is 2. The molecule has 14 heteroatoms. The van der Waals surface area contributed by atoms with Gasteiger partial charge >= 0.3 is 17.9 Å². The quantitative estimate of drug-likeness (QED) is 0.307. The third-order valence-corrected chi connectivity index (χ3v) is 12.1. The largest absolute Gasteiger partial charge is 0.436 e. The molecule has 55 heavy (non-hydrogen) atoms. The molecule has 5 heterocycles. The fourth-order valence-corrected chi connectivity index (χ4v) is 9.19. The number of anilines is 1. The summed E-state index contributed by atoms with van der Waals surface area (Å²) < 4.78 is 13.1. The normalized spacial score (nSPS) is 22.1. The molecule has 0 bridgehead atoms. The number of benzene rings is 2. The first-order valence-corrected chi connectivity index (χ1v) is 19.7. The van der Waals surface area contributed by atoms with E-state index in [4.69, 9.17) is 14.0 Å². The summed E-state index contributed by atoms with van der Waals surface area (Å²) >= 11 is 0. The fourth-order valence-electron chi connectivity index (χ4n) is 9.19. The third kappa shape index (κ3) is 8.36. The van der Waals surface area contributed by atoms with Crippen molar-refractivity contribution in [1.82, 2.24) is 24.3 Å². The van der Waals surface area contributed by atoms with Crippen LogP contribution in [0.25, 0.3) is 11.1 Å². The Bertz CT molecular complexity index is 1990. The van der Waals surface area contributed by atoms with Crippen molar-refractivity contribution in [2.24, 2.45) is 18.9 Å². The van der Waals surface area contributed by atoms with Crippen LogP contribution >= 0.6 is 0 Å². The summed E-state index contributed by atoms with van der Waals surface area (Å²) in [7, 11) is 1.64. The maximum Gasteiger partial charge on any atom is 0.419 e. The van der Waals surface area contributed by atoms with E-state index in [9.17, 15) is 24.0 Å². The summed E-state index contributed by atoms with van der Waals surface area (Å²) in [5, 5.41) is 5.05. The van der Waals surface area contributed by atoms with Crippen molar-refractivity contribution in [3.05, 3.63) is 69.7 Å². The zero-order chi connectivity index (χ0) is 38.6. The van der Waals surface area contributed by atoms with E-state index in [1.54, 1.807) is 22.9 Å². The smallest absolute Gasteiger partial charge is 0.419 e. The summed E-state index contributed by atoms with van der Waals surface area (Å²) in [6, 6.07) is 10.7. The minimum atomic E-state index is -1.19. The van der Waals surface area contributed by atoms with E-state index in [0.717, 1.165) is 55.6 Å². The van der Waals surface area contributed by atoms with E-state index >= 15 is 0 Å². The Morgan fingerprint density at radius 2 is 1.75 bits per heavy atom. The number of ether oxygens (including phenoxy) is 1. The van der Waals surface area contributed by atoms with Gasteiger partial charge in [-0.1, -0.05) is 24.3 Å². The Labute approximate surface area is 320 Å². The molecule has 0 spiro atoms. The van der Waals surface area contributed by atoms with Crippen LogP contribution in [0, 0.1) is 18.8 Å². The van der Waals surface area contributed by atoms with E-state index in [2.05, 4.69) is 5.32 Å². The van der Waals surface area contributed by atoms with Crippen molar-refractivity contribution in [3.8, 4) is 0 Å². The number of amides is 4. The number of hydroxylamine groups is 2. The van der Waals surface area contributed by atoms with Crippen molar-refractivity contribution in [3.63, 3.8) is 0 Å². The van der Waals surface area contributed by atoms with Gasteiger partial charge in [0.15, 0.2) is 11.7 Å². The number of hydrogen-bond donors (Lipinski definition) is 1. The molecule has 2 aromatic carbocycles. The van der Waals surface area contributed by atoms with Crippen molar-refractivity contribution in [2.75, 3.05) is 51.2 Å². The lowest BCUT2D eigenvalue weighted by molar-refractivity contribution is -0.173. The number of para-hydroxylation sites is 1. The number of likely N-dealkylation sites (tertiary alicyclic amines) is 2. The third-order valence-electron chi connectivity index (χ3n) is 12.1. The number of aryl methyl sites for hydroxylation is 2. The maximum absolute atomic E-state index is 14.6. The van der Waals surface area contributed by atoms with E-state index in [1.807, 2.05) is 60.1 Å². The molecule has 4 aliphatic heterocycles. The first-order chi connectivity index (χ1) is 26.6. The lowest BCUT2D eigenvalue weighted by Gasteiger charge is -2.43. The second-order valence-electron chi connectivity index (χ2n) is 15.4. The second-order valence-corrected chi connectivity index (χ2v) is 15.4. The molecular weight excluding hydrogens is 704 g/mol. The Morgan fingerprint density at radius 3 is 2.49 bits per heavy atom. The van der Waals surface area contributed by atoms with Gasteiger partial charge in [0.2, 0.25) is 0 Å². The summed E-state index contributed by atoms with van der Waals surface area (Å²) in [5.74, 6) is 1.86. The van der Waals surface area contributed by atoms with Gasteiger partial charge in [-0.2, -0.15) is 5.06 Å². The highest BCUT2D eigenvalue weighted by atomic mass is 16.7. The standard InChI is InChI=1S/C41H52N6O8/c1-4-53-45-18-9-29(10-19-45)31-12-20-46(33(26-31)15-22-48)38(49)36(25-28-23-27(2)37-35(24-28)54-40(51)43(37)3)55-41(52)44-16-13-32(14-17-44)47-21-11-30-7-5-6-8-34(30)42-39(47)50/h5-8,15,23-24,29,31-33,36H,4,9-14,16-21,25-26H2,1-3H3,(H,42,50)/t31?,33?,36-/m1/s1. The number of urea groups is 1. The molecule has 3 atom stereocenters. The van der Waals surface area contributed by atoms with Gasteiger partial charge in [0.1, 0.15) is 5.94 Å². The maximum atomic E-state index is 14.6. The highest BCUT2D eigenvalue weighted by molar-refractivity contribution is 5.91. The Balaban J connectivity index is 1.06. The molecular formula is C41H52N6O8. The molecule has 0 saturated carbocycles. The topological polar surface area (TPSA) is 147 Å².